The summed E-state index contributed by atoms with van der Waals surface area (Å²) in [5, 5.41) is 0. The molecule has 1 aromatic rings. The molecule has 0 bridgehead atoms. The van der Waals surface area contributed by atoms with Gasteiger partial charge in [-0.3, -0.25) is 0 Å². The van der Waals surface area contributed by atoms with Crippen molar-refractivity contribution in [2.75, 3.05) is 19.1 Å². The first kappa shape index (κ1) is 15.1. The molecule has 2 N–H and O–H groups in total. The Balaban J connectivity index is 3.40. The van der Waals surface area contributed by atoms with Crippen molar-refractivity contribution in [3.05, 3.63) is 23.8 Å². The van der Waals surface area contributed by atoms with Gasteiger partial charge >= 0.3 is 0 Å². The number of hydrogen-bond acceptors (Lipinski definition) is 6. The molecule has 0 radical (unpaired) electrons. The summed E-state index contributed by atoms with van der Waals surface area (Å²) in [5.41, 5.74) is 0.647. The Morgan fingerprint density at radius 1 is 1.06 bits per heavy atom. The summed E-state index contributed by atoms with van der Waals surface area (Å²) in [6.07, 6.45) is 2.35. The van der Waals surface area contributed by atoms with Crippen LogP contribution in [0, 0.1) is 0 Å². The molecular formula is C10H15NO5S2. The Bertz CT molecular complexity index is 634. The van der Waals surface area contributed by atoms with Gasteiger partial charge in [0.25, 0.3) is 0 Å². The third-order valence-corrected chi connectivity index (χ3v) is 4.74. The minimum Gasteiger partial charge on any atom is -0.304 e. The largest absolute Gasteiger partial charge is 0.304 e. The van der Waals surface area contributed by atoms with Crippen LogP contribution in [-0.4, -0.2) is 36.0 Å². The standard InChI is InChI=1S/C10H15NO5S2/c1-17(12,13)9-4-3-8(5-6-16-11)7-10(9)18(2,14)15/h3-4,7H,5-6,11H2,1-2H3. The molecule has 0 unspecified atom stereocenters. The molecule has 1 aromatic carbocycles. The van der Waals surface area contributed by atoms with E-state index >= 15 is 0 Å². The molecule has 8 heteroatoms. The summed E-state index contributed by atoms with van der Waals surface area (Å²) in [5.74, 6) is 4.89. The summed E-state index contributed by atoms with van der Waals surface area (Å²) in [6, 6.07) is 4.17. The Morgan fingerprint density at radius 2 is 1.61 bits per heavy atom. The van der Waals surface area contributed by atoms with Crippen molar-refractivity contribution < 1.29 is 21.7 Å². The summed E-state index contributed by atoms with van der Waals surface area (Å²) in [4.78, 5) is 4.01. The third kappa shape index (κ3) is 3.77. The maximum Gasteiger partial charge on any atom is 0.176 e. The Morgan fingerprint density at radius 3 is 2.06 bits per heavy atom. The van der Waals surface area contributed by atoms with Gasteiger partial charge in [0.15, 0.2) is 19.7 Å². The maximum absolute atomic E-state index is 11.6. The molecule has 0 amide bonds. The lowest BCUT2D eigenvalue weighted by Gasteiger charge is -2.08. The molecular weight excluding hydrogens is 278 g/mol. The van der Waals surface area contributed by atoms with Crippen LogP contribution >= 0.6 is 0 Å². The summed E-state index contributed by atoms with van der Waals surface area (Å²) in [7, 11) is -7.20. The van der Waals surface area contributed by atoms with Gasteiger partial charge in [-0.05, 0) is 24.1 Å². The van der Waals surface area contributed by atoms with E-state index < -0.39 is 19.7 Å². The second kappa shape index (κ2) is 5.35. The van der Waals surface area contributed by atoms with E-state index in [-0.39, 0.29) is 16.4 Å². The first-order valence-corrected chi connectivity index (χ1v) is 8.79. The van der Waals surface area contributed by atoms with Gasteiger partial charge in [0, 0.05) is 12.5 Å². The predicted molar refractivity (Wildman–Crippen MR) is 66.5 cm³/mol. The second-order valence-electron chi connectivity index (χ2n) is 3.95. The minimum absolute atomic E-state index is 0.192. The highest BCUT2D eigenvalue weighted by atomic mass is 32.2. The molecule has 18 heavy (non-hydrogen) atoms. The van der Waals surface area contributed by atoms with E-state index in [1.807, 2.05) is 0 Å². The molecule has 0 heterocycles. The van der Waals surface area contributed by atoms with Gasteiger partial charge in [-0.25, -0.2) is 22.7 Å². The van der Waals surface area contributed by atoms with E-state index in [2.05, 4.69) is 4.84 Å². The molecule has 0 aromatic heterocycles. The van der Waals surface area contributed by atoms with Crippen LogP contribution in [0.5, 0.6) is 0 Å². The molecule has 0 saturated carbocycles. The van der Waals surface area contributed by atoms with Crippen molar-refractivity contribution in [2.45, 2.75) is 16.2 Å². The van der Waals surface area contributed by atoms with Crippen LogP contribution in [0.25, 0.3) is 0 Å². The number of rotatable bonds is 5. The summed E-state index contributed by atoms with van der Waals surface area (Å²) in [6.45, 7) is 0.224. The van der Waals surface area contributed by atoms with E-state index in [9.17, 15) is 16.8 Å². The summed E-state index contributed by atoms with van der Waals surface area (Å²) >= 11 is 0. The van der Waals surface area contributed by atoms with Gasteiger partial charge in [-0.15, -0.1) is 0 Å². The fraction of sp³-hybridized carbons (Fsp3) is 0.400. The van der Waals surface area contributed by atoms with E-state index in [0.29, 0.717) is 12.0 Å². The van der Waals surface area contributed by atoms with Crippen LogP contribution in [0.4, 0.5) is 0 Å². The SMILES string of the molecule is CS(=O)(=O)c1ccc(CCON)cc1S(C)(=O)=O. The lowest BCUT2D eigenvalue weighted by atomic mass is 10.2. The fourth-order valence-corrected chi connectivity index (χ4v) is 3.93. The topological polar surface area (TPSA) is 104 Å². The molecule has 6 nitrogen and oxygen atoms in total. The maximum atomic E-state index is 11.6. The minimum atomic E-state index is -3.62. The number of sulfone groups is 2. The van der Waals surface area contributed by atoms with Crippen LogP contribution in [0.3, 0.4) is 0 Å². The first-order valence-electron chi connectivity index (χ1n) is 5.01. The van der Waals surface area contributed by atoms with Crippen LogP contribution in [-0.2, 0) is 30.9 Å². The van der Waals surface area contributed by atoms with Gasteiger partial charge in [0.1, 0.15) is 0 Å². The van der Waals surface area contributed by atoms with Crippen molar-refractivity contribution in [1.29, 1.82) is 0 Å². The number of nitrogens with two attached hydrogens (primary N) is 1. The first-order chi connectivity index (χ1) is 8.16. The van der Waals surface area contributed by atoms with E-state index in [1.165, 1.54) is 12.1 Å². The zero-order chi connectivity index (χ0) is 14.0. The number of benzene rings is 1. The lowest BCUT2D eigenvalue weighted by Crippen LogP contribution is -2.09. The van der Waals surface area contributed by atoms with Crippen molar-refractivity contribution in [3.8, 4) is 0 Å². The molecule has 0 atom stereocenters. The van der Waals surface area contributed by atoms with Crippen LogP contribution in [0.15, 0.2) is 28.0 Å². The molecule has 0 aliphatic carbocycles. The molecule has 0 saturated heterocycles. The van der Waals surface area contributed by atoms with Crippen molar-refractivity contribution >= 4 is 19.7 Å². The molecule has 102 valence electrons. The highest BCUT2D eigenvalue weighted by Crippen LogP contribution is 2.22. The Hall–Kier alpha value is -0.960. The number of hydrogen-bond donors (Lipinski definition) is 1. The van der Waals surface area contributed by atoms with Crippen molar-refractivity contribution in [2.24, 2.45) is 5.90 Å². The quantitative estimate of drug-likeness (QED) is 0.762. The van der Waals surface area contributed by atoms with E-state index in [1.54, 1.807) is 6.07 Å². The average Bonchev–Trinajstić information content (AvgIpc) is 2.23. The molecule has 0 spiro atoms. The van der Waals surface area contributed by atoms with Crippen LogP contribution in [0.2, 0.25) is 0 Å². The van der Waals surface area contributed by atoms with Gasteiger partial charge in [-0.2, -0.15) is 0 Å². The molecule has 0 aliphatic rings. The smallest absolute Gasteiger partial charge is 0.176 e. The predicted octanol–water partition coefficient (Wildman–Crippen LogP) is -0.0736. The van der Waals surface area contributed by atoms with E-state index in [0.717, 1.165) is 12.5 Å². The van der Waals surface area contributed by atoms with Gasteiger partial charge in [-0.1, -0.05) is 6.07 Å². The van der Waals surface area contributed by atoms with Gasteiger partial charge in [0.05, 0.1) is 16.4 Å². The lowest BCUT2D eigenvalue weighted by molar-refractivity contribution is 0.141. The normalized spacial score (nSPS) is 12.6. The average molecular weight is 293 g/mol. The molecule has 0 fully saturated rings. The molecule has 1 rings (SSSR count). The zero-order valence-corrected chi connectivity index (χ0v) is 11.7. The van der Waals surface area contributed by atoms with Crippen LogP contribution < -0.4 is 5.90 Å². The summed E-state index contributed by atoms with van der Waals surface area (Å²) < 4.78 is 46.2. The Labute approximate surface area is 107 Å². The van der Waals surface area contributed by atoms with Crippen LogP contribution in [0.1, 0.15) is 5.56 Å². The highest BCUT2D eigenvalue weighted by molar-refractivity contribution is 7.93. The van der Waals surface area contributed by atoms with Gasteiger partial charge in [0.2, 0.25) is 0 Å². The fourth-order valence-electron chi connectivity index (χ4n) is 1.48. The monoisotopic (exact) mass is 293 g/mol. The highest BCUT2D eigenvalue weighted by Gasteiger charge is 2.20. The van der Waals surface area contributed by atoms with Crippen molar-refractivity contribution in [1.82, 2.24) is 0 Å². The second-order valence-corrected chi connectivity index (χ2v) is 7.91. The molecule has 0 aliphatic heterocycles. The zero-order valence-electron chi connectivity index (χ0n) is 10.1. The Kier molecular flexibility index (Phi) is 4.49. The van der Waals surface area contributed by atoms with E-state index in [4.69, 9.17) is 5.90 Å². The third-order valence-electron chi connectivity index (χ3n) is 2.32. The van der Waals surface area contributed by atoms with Crippen molar-refractivity contribution in [3.63, 3.8) is 0 Å². The van der Waals surface area contributed by atoms with Gasteiger partial charge < -0.3 is 4.84 Å².